The van der Waals surface area contributed by atoms with Gasteiger partial charge in [0, 0.05) is 6.04 Å². The highest BCUT2D eigenvalue weighted by molar-refractivity contribution is 7.89. The third-order valence-corrected chi connectivity index (χ3v) is 5.61. The number of alkyl halides is 3. The number of halogens is 5. The van der Waals surface area contributed by atoms with Gasteiger partial charge < -0.3 is 5.32 Å². The summed E-state index contributed by atoms with van der Waals surface area (Å²) in [6.07, 6.45) is -3.96. The Kier molecular flexibility index (Phi) is 6.74. The average molecular weight is 393 g/mol. The monoisotopic (exact) mass is 392 g/mol. The summed E-state index contributed by atoms with van der Waals surface area (Å²) in [5, 5.41) is 2.70. The SMILES string of the molecule is CC1CNCCC1NS(=O)(=O)c1ccc(C(F)(F)F)cc1Cl.Cl. The van der Waals surface area contributed by atoms with Gasteiger partial charge in [0.2, 0.25) is 10.0 Å². The molecular weight excluding hydrogens is 376 g/mol. The van der Waals surface area contributed by atoms with Crippen LogP contribution in [0, 0.1) is 5.92 Å². The van der Waals surface area contributed by atoms with Crippen molar-refractivity contribution in [2.45, 2.75) is 30.5 Å². The highest BCUT2D eigenvalue weighted by atomic mass is 35.5. The van der Waals surface area contributed by atoms with E-state index in [-0.39, 0.29) is 29.3 Å². The lowest BCUT2D eigenvalue weighted by Crippen LogP contribution is -2.48. The molecule has 1 aliphatic rings. The van der Waals surface area contributed by atoms with Gasteiger partial charge in [0.25, 0.3) is 0 Å². The lowest BCUT2D eigenvalue weighted by Gasteiger charge is -2.30. The first-order valence-corrected chi connectivity index (χ1v) is 8.57. The Hall–Kier alpha value is -0.540. The van der Waals surface area contributed by atoms with E-state index in [1.54, 1.807) is 0 Å². The van der Waals surface area contributed by atoms with Gasteiger partial charge in [0.05, 0.1) is 10.6 Å². The maximum atomic E-state index is 12.6. The summed E-state index contributed by atoms with van der Waals surface area (Å²) in [5.41, 5.74) is -0.980. The van der Waals surface area contributed by atoms with E-state index < -0.39 is 26.8 Å². The van der Waals surface area contributed by atoms with Crippen LogP contribution in [0.15, 0.2) is 23.1 Å². The molecule has 1 aromatic carbocycles. The zero-order valence-electron chi connectivity index (χ0n) is 12.2. The van der Waals surface area contributed by atoms with Gasteiger partial charge in [-0.1, -0.05) is 18.5 Å². The molecule has 1 fully saturated rings. The molecule has 0 aromatic heterocycles. The minimum absolute atomic E-state index is 0. The summed E-state index contributed by atoms with van der Waals surface area (Å²) in [5.74, 6) is 0.0803. The Morgan fingerprint density at radius 3 is 2.52 bits per heavy atom. The molecule has 0 amide bonds. The van der Waals surface area contributed by atoms with E-state index in [4.69, 9.17) is 11.6 Å². The normalized spacial score (nSPS) is 22.5. The highest BCUT2D eigenvalue weighted by Crippen LogP contribution is 2.33. The molecule has 0 radical (unpaired) electrons. The van der Waals surface area contributed by atoms with Gasteiger partial charge in [-0.15, -0.1) is 12.4 Å². The molecule has 23 heavy (non-hydrogen) atoms. The zero-order valence-corrected chi connectivity index (χ0v) is 14.5. The quantitative estimate of drug-likeness (QED) is 0.830. The molecule has 0 bridgehead atoms. The van der Waals surface area contributed by atoms with E-state index in [0.29, 0.717) is 31.6 Å². The molecule has 2 atom stereocenters. The molecular formula is C13H17Cl2F3N2O2S. The van der Waals surface area contributed by atoms with Crippen molar-refractivity contribution in [3.05, 3.63) is 28.8 Å². The van der Waals surface area contributed by atoms with Gasteiger partial charge in [-0.25, -0.2) is 13.1 Å². The largest absolute Gasteiger partial charge is 0.416 e. The van der Waals surface area contributed by atoms with Crippen LogP contribution in [-0.4, -0.2) is 27.5 Å². The van der Waals surface area contributed by atoms with Crippen LogP contribution in [0.4, 0.5) is 13.2 Å². The number of sulfonamides is 1. The van der Waals surface area contributed by atoms with Gasteiger partial charge in [-0.05, 0) is 43.6 Å². The third kappa shape index (κ3) is 4.96. The predicted molar refractivity (Wildman–Crippen MR) is 84.5 cm³/mol. The Morgan fingerprint density at radius 1 is 1.35 bits per heavy atom. The van der Waals surface area contributed by atoms with Crippen molar-refractivity contribution in [2.75, 3.05) is 13.1 Å². The lowest BCUT2D eigenvalue weighted by molar-refractivity contribution is -0.137. The molecule has 0 aliphatic carbocycles. The Bertz CT molecular complexity index is 653. The van der Waals surface area contributed by atoms with Gasteiger partial charge in [0.1, 0.15) is 4.90 Å². The van der Waals surface area contributed by atoms with Crippen molar-refractivity contribution in [1.29, 1.82) is 0 Å². The molecule has 1 heterocycles. The minimum Gasteiger partial charge on any atom is -0.316 e. The average Bonchev–Trinajstić information content (AvgIpc) is 2.40. The van der Waals surface area contributed by atoms with Gasteiger partial charge in [-0.2, -0.15) is 13.2 Å². The standard InChI is InChI=1S/C13H16ClF3N2O2S.ClH/c1-8-7-18-5-4-11(8)19-22(20,21)12-3-2-9(6-10(12)14)13(15,16)17;/h2-3,6,8,11,18-19H,4-5,7H2,1H3;1H. The van der Waals surface area contributed by atoms with Crippen molar-refractivity contribution in [2.24, 2.45) is 5.92 Å². The molecule has 132 valence electrons. The highest BCUT2D eigenvalue weighted by Gasteiger charge is 2.33. The summed E-state index contributed by atoms with van der Waals surface area (Å²) in [4.78, 5) is -0.340. The van der Waals surface area contributed by atoms with Crippen molar-refractivity contribution < 1.29 is 21.6 Å². The fraction of sp³-hybridized carbons (Fsp3) is 0.538. The van der Waals surface area contributed by atoms with Crippen LogP contribution in [0.25, 0.3) is 0 Å². The van der Waals surface area contributed by atoms with Crippen LogP contribution in [0.3, 0.4) is 0 Å². The molecule has 4 nitrogen and oxygen atoms in total. The van der Waals surface area contributed by atoms with Crippen molar-refractivity contribution in [1.82, 2.24) is 10.0 Å². The summed E-state index contributed by atoms with van der Waals surface area (Å²) < 4.78 is 65.0. The smallest absolute Gasteiger partial charge is 0.316 e. The summed E-state index contributed by atoms with van der Waals surface area (Å²) >= 11 is 5.74. The predicted octanol–water partition coefficient (Wildman–Crippen LogP) is 3.06. The Labute approximate surface area is 144 Å². The van der Waals surface area contributed by atoms with Gasteiger partial charge >= 0.3 is 6.18 Å². The van der Waals surface area contributed by atoms with E-state index in [1.807, 2.05) is 6.92 Å². The van der Waals surface area contributed by atoms with Crippen LogP contribution in [0.1, 0.15) is 18.9 Å². The maximum Gasteiger partial charge on any atom is 0.416 e. The van der Waals surface area contributed by atoms with Crippen LogP contribution in [0.2, 0.25) is 5.02 Å². The molecule has 0 saturated carbocycles. The molecule has 10 heteroatoms. The van der Waals surface area contributed by atoms with Crippen LogP contribution >= 0.6 is 24.0 Å². The summed E-state index contributed by atoms with van der Waals surface area (Å²) in [6, 6.07) is 1.96. The van der Waals surface area contributed by atoms with E-state index in [2.05, 4.69) is 10.0 Å². The van der Waals surface area contributed by atoms with Crippen molar-refractivity contribution in [3.8, 4) is 0 Å². The van der Waals surface area contributed by atoms with Crippen molar-refractivity contribution >= 4 is 34.0 Å². The number of hydrogen-bond donors (Lipinski definition) is 2. The first-order valence-electron chi connectivity index (χ1n) is 6.71. The number of rotatable bonds is 3. The second-order valence-electron chi connectivity index (χ2n) is 5.34. The maximum absolute atomic E-state index is 12.6. The van der Waals surface area contributed by atoms with E-state index in [0.717, 1.165) is 6.07 Å². The second kappa shape index (κ2) is 7.57. The van der Waals surface area contributed by atoms with Crippen molar-refractivity contribution in [3.63, 3.8) is 0 Å². The molecule has 1 aromatic rings. The molecule has 2 N–H and O–H groups in total. The minimum atomic E-state index is -4.57. The van der Waals surface area contributed by atoms with Crippen LogP contribution in [-0.2, 0) is 16.2 Å². The number of hydrogen-bond acceptors (Lipinski definition) is 3. The van der Waals surface area contributed by atoms with Crippen LogP contribution in [0.5, 0.6) is 0 Å². The Balaban J connectivity index is 0.00000264. The molecule has 0 spiro atoms. The molecule has 2 rings (SSSR count). The molecule has 1 aliphatic heterocycles. The number of benzene rings is 1. The van der Waals surface area contributed by atoms with Crippen LogP contribution < -0.4 is 10.0 Å². The number of piperidine rings is 1. The number of nitrogens with one attached hydrogen (secondary N) is 2. The lowest BCUT2D eigenvalue weighted by atomic mass is 9.97. The fourth-order valence-electron chi connectivity index (χ4n) is 2.35. The van der Waals surface area contributed by atoms with E-state index in [9.17, 15) is 21.6 Å². The summed E-state index contributed by atoms with van der Waals surface area (Å²) in [6.45, 7) is 3.25. The Morgan fingerprint density at radius 2 is 2.00 bits per heavy atom. The van der Waals surface area contributed by atoms with Gasteiger partial charge in [0.15, 0.2) is 0 Å². The van der Waals surface area contributed by atoms with Gasteiger partial charge in [-0.3, -0.25) is 0 Å². The molecule has 1 saturated heterocycles. The first-order chi connectivity index (χ1) is 10.1. The zero-order chi connectivity index (χ0) is 16.5. The summed E-state index contributed by atoms with van der Waals surface area (Å²) in [7, 11) is -3.96. The topological polar surface area (TPSA) is 58.2 Å². The van der Waals surface area contributed by atoms with E-state index in [1.165, 1.54) is 0 Å². The fourth-order valence-corrected chi connectivity index (χ4v) is 4.27. The van der Waals surface area contributed by atoms with E-state index >= 15 is 0 Å². The first kappa shape index (κ1) is 20.5. The molecule has 2 unspecified atom stereocenters. The second-order valence-corrected chi connectivity index (χ2v) is 7.43. The third-order valence-electron chi connectivity index (χ3n) is 3.64.